The van der Waals surface area contributed by atoms with Gasteiger partial charge in [0.05, 0.1) is 19.7 Å². The number of imide groups is 1. The fourth-order valence-electron chi connectivity index (χ4n) is 4.94. The Morgan fingerprint density at radius 3 is 2.74 bits per heavy atom. The lowest BCUT2D eigenvalue weighted by Gasteiger charge is -2.24. The summed E-state index contributed by atoms with van der Waals surface area (Å²) in [6.07, 6.45) is 3.32. The number of benzene rings is 2. The number of nitrogens with one attached hydrogen (secondary N) is 3. The molecule has 8 heteroatoms. The highest BCUT2D eigenvalue weighted by Gasteiger charge is 2.38. The van der Waals surface area contributed by atoms with E-state index in [9.17, 15) is 14.4 Å². The van der Waals surface area contributed by atoms with Gasteiger partial charge in [-0.2, -0.15) is 0 Å². The average molecular weight is 461 g/mol. The maximum Gasteiger partial charge on any atom is 0.325 e. The number of aromatic amines is 1. The SMILES string of the molecule is COc1ccc(CN2C(=O)N[C@@H](CCC(=O)N[C@@H]3CCCc4c3[nH]c3ccccc43)C2=O)cc1. The molecular formula is C26H28N4O4. The molecule has 2 aromatic carbocycles. The van der Waals surface area contributed by atoms with Crippen molar-refractivity contribution >= 4 is 28.7 Å². The van der Waals surface area contributed by atoms with Crippen molar-refractivity contribution in [3.63, 3.8) is 0 Å². The summed E-state index contributed by atoms with van der Waals surface area (Å²) < 4.78 is 5.14. The molecule has 1 fully saturated rings. The molecule has 2 aliphatic rings. The summed E-state index contributed by atoms with van der Waals surface area (Å²) in [6, 6.07) is 14.2. The molecule has 34 heavy (non-hydrogen) atoms. The number of carbonyl (C=O) groups excluding carboxylic acids is 3. The van der Waals surface area contributed by atoms with Crippen molar-refractivity contribution in [1.82, 2.24) is 20.5 Å². The molecule has 2 atom stereocenters. The van der Waals surface area contributed by atoms with Gasteiger partial charge in [0.1, 0.15) is 11.8 Å². The standard InChI is InChI=1S/C26H28N4O4/c1-34-17-11-9-16(10-12-17)15-30-25(32)22(29-26(30)33)13-14-23(31)27-21-8-4-6-19-18-5-2-3-7-20(18)28-24(19)21/h2-3,5,7,9-12,21-22,28H,4,6,8,13-15H2,1H3,(H,27,31)(H,29,33)/t21-,22+/m1/s1. The predicted molar refractivity (Wildman–Crippen MR) is 127 cm³/mol. The van der Waals surface area contributed by atoms with Gasteiger partial charge in [-0.1, -0.05) is 30.3 Å². The van der Waals surface area contributed by atoms with E-state index in [1.54, 1.807) is 19.2 Å². The number of hydrogen-bond acceptors (Lipinski definition) is 4. The van der Waals surface area contributed by atoms with Crippen LogP contribution in [-0.4, -0.2) is 40.9 Å². The molecular weight excluding hydrogens is 432 g/mol. The second-order valence-electron chi connectivity index (χ2n) is 8.89. The highest BCUT2D eigenvalue weighted by Crippen LogP contribution is 2.34. The predicted octanol–water partition coefficient (Wildman–Crippen LogP) is 3.57. The Morgan fingerprint density at radius 1 is 1.15 bits per heavy atom. The van der Waals surface area contributed by atoms with Crippen LogP contribution in [0.4, 0.5) is 4.79 Å². The van der Waals surface area contributed by atoms with Gasteiger partial charge >= 0.3 is 6.03 Å². The summed E-state index contributed by atoms with van der Waals surface area (Å²) >= 11 is 0. The van der Waals surface area contributed by atoms with Crippen LogP contribution >= 0.6 is 0 Å². The van der Waals surface area contributed by atoms with Crippen LogP contribution in [0.5, 0.6) is 5.75 Å². The number of aromatic nitrogens is 1. The summed E-state index contributed by atoms with van der Waals surface area (Å²) in [4.78, 5) is 42.6. The maximum atomic E-state index is 12.8. The van der Waals surface area contributed by atoms with Crippen molar-refractivity contribution in [1.29, 1.82) is 0 Å². The topological polar surface area (TPSA) is 104 Å². The molecule has 176 valence electrons. The minimum atomic E-state index is -0.688. The molecule has 0 bridgehead atoms. The number of fused-ring (bicyclic) bond motifs is 3. The number of H-pyrrole nitrogens is 1. The van der Waals surface area contributed by atoms with Crippen molar-refractivity contribution in [2.24, 2.45) is 0 Å². The van der Waals surface area contributed by atoms with Gasteiger partial charge in [-0.25, -0.2) is 4.79 Å². The molecule has 1 aliphatic heterocycles. The van der Waals surface area contributed by atoms with Gasteiger partial charge in [-0.15, -0.1) is 0 Å². The van der Waals surface area contributed by atoms with Crippen LogP contribution in [0.2, 0.25) is 0 Å². The number of ether oxygens (including phenoxy) is 1. The molecule has 0 radical (unpaired) electrons. The van der Waals surface area contributed by atoms with E-state index in [2.05, 4.69) is 27.8 Å². The van der Waals surface area contributed by atoms with Crippen LogP contribution in [-0.2, 0) is 22.6 Å². The molecule has 0 saturated carbocycles. The smallest absolute Gasteiger partial charge is 0.325 e. The molecule has 0 spiro atoms. The van der Waals surface area contributed by atoms with Gasteiger partial charge in [-0.05, 0) is 55.0 Å². The highest BCUT2D eigenvalue weighted by atomic mass is 16.5. The number of hydrogen-bond donors (Lipinski definition) is 3. The molecule has 2 heterocycles. The normalized spacial score (nSPS) is 19.7. The molecule has 8 nitrogen and oxygen atoms in total. The minimum absolute atomic E-state index is 0.0657. The van der Waals surface area contributed by atoms with Gasteiger partial charge in [0.2, 0.25) is 5.91 Å². The lowest BCUT2D eigenvalue weighted by molar-refractivity contribution is -0.128. The van der Waals surface area contributed by atoms with E-state index < -0.39 is 12.1 Å². The van der Waals surface area contributed by atoms with Crippen LogP contribution < -0.4 is 15.4 Å². The summed E-state index contributed by atoms with van der Waals surface area (Å²) in [6.45, 7) is 0.183. The molecule has 1 saturated heterocycles. The van der Waals surface area contributed by atoms with E-state index >= 15 is 0 Å². The summed E-state index contributed by atoms with van der Waals surface area (Å²) in [5.41, 5.74) is 4.27. The Balaban J connectivity index is 1.18. The van der Waals surface area contributed by atoms with Crippen LogP contribution in [0.15, 0.2) is 48.5 Å². The number of rotatable bonds is 7. The lowest BCUT2D eigenvalue weighted by Crippen LogP contribution is -2.34. The third-order valence-electron chi connectivity index (χ3n) is 6.72. The van der Waals surface area contributed by atoms with E-state index in [1.807, 2.05) is 24.3 Å². The zero-order valence-corrected chi connectivity index (χ0v) is 19.1. The number of methoxy groups -OCH3 is 1. The van der Waals surface area contributed by atoms with Gasteiger partial charge in [-0.3, -0.25) is 14.5 Å². The molecule has 4 amide bonds. The number of carbonyl (C=O) groups is 3. The summed E-state index contributed by atoms with van der Waals surface area (Å²) in [5, 5.41) is 7.06. The van der Waals surface area contributed by atoms with Gasteiger partial charge in [0, 0.05) is 23.0 Å². The lowest BCUT2D eigenvalue weighted by atomic mass is 9.91. The van der Waals surface area contributed by atoms with Gasteiger partial charge < -0.3 is 20.4 Å². The average Bonchev–Trinajstić information content (AvgIpc) is 3.36. The quantitative estimate of drug-likeness (QED) is 0.469. The zero-order chi connectivity index (χ0) is 23.7. The number of amides is 4. The first-order valence-corrected chi connectivity index (χ1v) is 11.7. The fourth-order valence-corrected chi connectivity index (χ4v) is 4.94. The number of urea groups is 1. The third kappa shape index (κ3) is 4.23. The first-order chi connectivity index (χ1) is 16.5. The van der Waals surface area contributed by atoms with Crippen molar-refractivity contribution in [3.8, 4) is 5.75 Å². The van der Waals surface area contributed by atoms with E-state index in [1.165, 1.54) is 15.8 Å². The molecule has 3 N–H and O–H groups in total. The van der Waals surface area contributed by atoms with Gasteiger partial charge in [0.25, 0.3) is 5.91 Å². The van der Waals surface area contributed by atoms with Crippen LogP contribution in [0.25, 0.3) is 10.9 Å². The van der Waals surface area contributed by atoms with E-state index in [0.29, 0.717) is 5.75 Å². The Kier molecular flexibility index (Phi) is 5.96. The largest absolute Gasteiger partial charge is 0.497 e. The number of nitrogens with zero attached hydrogens (tertiary/aromatic N) is 1. The molecule has 1 aromatic heterocycles. The number of para-hydroxylation sites is 1. The van der Waals surface area contributed by atoms with Crippen molar-refractivity contribution < 1.29 is 19.1 Å². The maximum absolute atomic E-state index is 12.8. The van der Waals surface area contributed by atoms with Gasteiger partial charge in [0.15, 0.2) is 0 Å². The van der Waals surface area contributed by atoms with E-state index in [4.69, 9.17) is 4.74 Å². The fraction of sp³-hybridized carbons (Fsp3) is 0.346. The van der Waals surface area contributed by atoms with E-state index in [-0.39, 0.29) is 37.2 Å². The summed E-state index contributed by atoms with van der Waals surface area (Å²) in [5.74, 6) is 0.290. The van der Waals surface area contributed by atoms with E-state index in [0.717, 1.165) is 36.0 Å². The first-order valence-electron chi connectivity index (χ1n) is 11.7. The van der Waals surface area contributed by atoms with Crippen LogP contribution in [0.3, 0.4) is 0 Å². The second kappa shape index (κ2) is 9.21. The first kappa shape index (κ1) is 22.0. The minimum Gasteiger partial charge on any atom is -0.497 e. The van der Waals surface area contributed by atoms with Crippen LogP contribution in [0.1, 0.15) is 48.5 Å². The summed E-state index contributed by atoms with van der Waals surface area (Å²) in [7, 11) is 1.58. The molecule has 3 aromatic rings. The van der Waals surface area contributed by atoms with Crippen molar-refractivity contribution in [3.05, 3.63) is 65.4 Å². The Bertz CT molecular complexity index is 1230. The second-order valence-corrected chi connectivity index (χ2v) is 8.89. The molecule has 5 rings (SSSR count). The number of aryl methyl sites for hydroxylation is 1. The monoisotopic (exact) mass is 460 g/mol. The Labute approximate surface area is 197 Å². The molecule has 1 aliphatic carbocycles. The van der Waals surface area contributed by atoms with Crippen molar-refractivity contribution in [2.75, 3.05) is 7.11 Å². The zero-order valence-electron chi connectivity index (χ0n) is 19.1. The third-order valence-corrected chi connectivity index (χ3v) is 6.72. The Morgan fingerprint density at radius 2 is 1.94 bits per heavy atom. The molecule has 0 unspecified atom stereocenters. The highest BCUT2D eigenvalue weighted by molar-refractivity contribution is 6.04. The Hall–Kier alpha value is -3.81. The van der Waals surface area contributed by atoms with Crippen molar-refractivity contribution in [2.45, 2.75) is 50.7 Å². The van der Waals surface area contributed by atoms with Crippen LogP contribution in [0, 0.1) is 0 Å².